The fourth-order valence-electron chi connectivity index (χ4n) is 10.2. The molecule has 0 radical (unpaired) electrons. The third kappa shape index (κ3) is 4.66. The van der Waals surface area contributed by atoms with Crippen LogP contribution in [0.2, 0.25) is 0 Å². The summed E-state index contributed by atoms with van der Waals surface area (Å²) in [7, 11) is 0. The highest BCUT2D eigenvalue weighted by atomic mass is 15.1. The van der Waals surface area contributed by atoms with E-state index in [2.05, 4.69) is 170 Å². The maximum absolute atomic E-state index is 2.58. The van der Waals surface area contributed by atoms with Crippen LogP contribution in [0.3, 0.4) is 0 Å². The zero-order chi connectivity index (χ0) is 32.2. The first kappa shape index (κ1) is 29.3. The highest BCUT2D eigenvalue weighted by Gasteiger charge is 2.56. The Kier molecular flexibility index (Phi) is 7.12. The Labute approximate surface area is 285 Å². The summed E-state index contributed by atoms with van der Waals surface area (Å²) in [6.07, 6.45) is 5.41. The highest BCUT2D eigenvalue weighted by molar-refractivity contribution is 5.87. The minimum Gasteiger partial charge on any atom is -0.310 e. The zero-order valence-corrected chi connectivity index (χ0v) is 28.0. The monoisotopic (exact) mass is 621 g/mol. The molecule has 1 unspecified atom stereocenters. The van der Waals surface area contributed by atoms with Crippen LogP contribution in [-0.4, -0.2) is 0 Å². The van der Waals surface area contributed by atoms with Crippen LogP contribution >= 0.6 is 0 Å². The Morgan fingerprint density at radius 3 is 1.60 bits per heavy atom. The molecule has 0 heterocycles. The summed E-state index contributed by atoms with van der Waals surface area (Å²) in [5.41, 5.74) is 14.6. The largest absolute Gasteiger partial charge is 0.310 e. The van der Waals surface area contributed by atoms with Crippen molar-refractivity contribution in [1.29, 1.82) is 0 Å². The van der Waals surface area contributed by atoms with Crippen molar-refractivity contribution in [1.82, 2.24) is 0 Å². The zero-order valence-electron chi connectivity index (χ0n) is 28.0. The lowest BCUT2D eigenvalue weighted by Gasteiger charge is -2.54. The molecule has 236 valence electrons. The Balaban J connectivity index is 1.20. The van der Waals surface area contributed by atoms with Crippen LogP contribution in [0.5, 0.6) is 0 Å². The molecule has 3 aliphatic carbocycles. The second kappa shape index (κ2) is 11.7. The summed E-state index contributed by atoms with van der Waals surface area (Å²) in [5, 5.41) is 0. The van der Waals surface area contributed by atoms with Crippen molar-refractivity contribution in [3.05, 3.63) is 163 Å². The average molecular weight is 622 g/mol. The molecule has 5 atom stereocenters. The van der Waals surface area contributed by atoms with E-state index in [1.807, 2.05) is 0 Å². The molecule has 6 aromatic carbocycles. The Hall–Kier alpha value is -4.88. The molecular weight excluding hydrogens is 579 g/mol. The summed E-state index contributed by atoms with van der Waals surface area (Å²) in [6, 6.07) is 56.4. The lowest BCUT2D eigenvalue weighted by Crippen LogP contribution is -2.49. The van der Waals surface area contributed by atoms with Crippen molar-refractivity contribution in [2.75, 3.05) is 4.90 Å². The number of benzene rings is 6. The van der Waals surface area contributed by atoms with Gasteiger partial charge in [-0.25, -0.2) is 0 Å². The minimum absolute atomic E-state index is 0.0626. The maximum atomic E-state index is 2.58. The maximum Gasteiger partial charge on any atom is 0.0465 e. The van der Waals surface area contributed by atoms with Crippen LogP contribution in [-0.2, 0) is 5.41 Å². The van der Waals surface area contributed by atoms with E-state index >= 15 is 0 Å². The highest BCUT2D eigenvalue weighted by Crippen LogP contribution is 2.65. The fraction of sp³-hybridized carbons (Fsp3) is 0.234. The van der Waals surface area contributed by atoms with Crippen LogP contribution in [0.25, 0.3) is 33.4 Å². The molecule has 3 aliphatic rings. The summed E-state index contributed by atoms with van der Waals surface area (Å²) in [6.45, 7) is 5.07. The number of nitrogens with zero attached hydrogens (tertiary/aromatic N) is 1. The molecule has 0 saturated heterocycles. The summed E-state index contributed by atoms with van der Waals surface area (Å²) in [4.78, 5) is 2.47. The first-order valence-electron chi connectivity index (χ1n) is 17.9. The third-order valence-electron chi connectivity index (χ3n) is 12.0. The quantitative estimate of drug-likeness (QED) is 0.185. The molecule has 0 N–H and O–H groups in total. The van der Waals surface area contributed by atoms with E-state index in [1.54, 1.807) is 11.1 Å². The van der Waals surface area contributed by atoms with Gasteiger partial charge in [-0.1, -0.05) is 129 Å². The van der Waals surface area contributed by atoms with E-state index in [-0.39, 0.29) is 5.41 Å². The summed E-state index contributed by atoms with van der Waals surface area (Å²) < 4.78 is 0. The SMILES string of the molecule is C[C@H]1C[C@@H]2C[C@H](C1)C1(c3ccccc3-c3ccc(N(c4ccc(-c5ccccc5)cc4)c4ccc(-c5ccccc5)cc4)cc31)[C@H](C)C2. The minimum atomic E-state index is 0.0626. The molecule has 9 rings (SSSR count). The predicted octanol–water partition coefficient (Wildman–Crippen LogP) is 12.8. The molecule has 6 aromatic rings. The van der Waals surface area contributed by atoms with Crippen molar-refractivity contribution in [3.8, 4) is 33.4 Å². The molecule has 48 heavy (non-hydrogen) atoms. The van der Waals surface area contributed by atoms with E-state index in [0.29, 0.717) is 11.8 Å². The molecule has 2 saturated carbocycles. The van der Waals surface area contributed by atoms with Gasteiger partial charge in [0, 0.05) is 22.5 Å². The van der Waals surface area contributed by atoms with Crippen LogP contribution < -0.4 is 4.90 Å². The second-order valence-electron chi connectivity index (χ2n) is 14.8. The molecule has 1 heteroatoms. The number of hydrogen-bond donors (Lipinski definition) is 0. The topological polar surface area (TPSA) is 3.24 Å². The molecule has 0 aromatic heterocycles. The predicted molar refractivity (Wildman–Crippen MR) is 202 cm³/mol. The molecular formula is C47H43N. The van der Waals surface area contributed by atoms with Gasteiger partial charge in [0.25, 0.3) is 0 Å². The van der Waals surface area contributed by atoms with E-state index in [0.717, 1.165) is 11.8 Å². The smallest absolute Gasteiger partial charge is 0.0465 e. The van der Waals surface area contributed by atoms with Gasteiger partial charge in [-0.05, 0) is 130 Å². The van der Waals surface area contributed by atoms with E-state index in [1.165, 1.54) is 76.1 Å². The van der Waals surface area contributed by atoms with E-state index in [4.69, 9.17) is 0 Å². The fourth-order valence-corrected chi connectivity index (χ4v) is 10.2. The standard InChI is InChI=1S/C47H43N/c1-32-27-34-29-33(2)47(39(28-32)30-34)45-16-10-9-15-43(45)44-26-25-42(31-46(44)47)48(40-21-17-37(18-22-40)35-11-5-3-6-12-35)41-23-19-38(20-24-41)36-13-7-4-8-14-36/h3-26,31-34,39H,27-30H2,1-2H3/t32-,33+,34-,39-,47?/m0/s1. The van der Waals surface area contributed by atoms with Crippen molar-refractivity contribution >= 4 is 17.1 Å². The Morgan fingerprint density at radius 2 is 0.979 bits per heavy atom. The van der Waals surface area contributed by atoms with Gasteiger partial charge in [-0.2, -0.15) is 0 Å². The van der Waals surface area contributed by atoms with Gasteiger partial charge in [-0.3, -0.25) is 0 Å². The second-order valence-corrected chi connectivity index (χ2v) is 14.8. The molecule has 0 amide bonds. The molecule has 1 nitrogen and oxygen atoms in total. The first-order valence-corrected chi connectivity index (χ1v) is 17.9. The normalized spacial score (nSPS) is 23.8. The van der Waals surface area contributed by atoms with Gasteiger partial charge < -0.3 is 4.90 Å². The van der Waals surface area contributed by atoms with Gasteiger partial charge in [-0.15, -0.1) is 0 Å². The van der Waals surface area contributed by atoms with Crippen molar-refractivity contribution < 1.29 is 0 Å². The Bertz CT molecular complexity index is 1970. The summed E-state index contributed by atoms with van der Waals surface area (Å²) in [5.74, 6) is 2.94. The van der Waals surface area contributed by atoms with E-state index < -0.39 is 0 Å². The lowest BCUT2D eigenvalue weighted by molar-refractivity contribution is 0.0426. The van der Waals surface area contributed by atoms with Crippen molar-refractivity contribution in [2.24, 2.45) is 23.7 Å². The van der Waals surface area contributed by atoms with Gasteiger partial charge in [0.05, 0.1) is 0 Å². The van der Waals surface area contributed by atoms with E-state index in [9.17, 15) is 0 Å². The van der Waals surface area contributed by atoms with Crippen LogP contribution in [0.15, 0.2) is 152 Å². The lowest BCUT2D eigenvalue weighted by atomic mass is 9.49. The van der Waals surface area contributed by atoms with Gasteiger partial charge in [0.15, 0.2) is 0 Å². The first-order chi connectivity index (χ1) is 23.6. The number of rotatable bonds is 5. The average Bonchev–Trinajstić information content (AvgIpc) is 3.43. The Morgan fingerprint density at radius 1 is 0.458 bits per heavy atom. The molecule has 2 fully saturated rings. The third-order valence-corrected chi connectivity index (χ3v) is 12.0. The summed E-state index contributed by atoms with van der Waals surface area (Å²) >= 11 is 0. The molecule has 1 spiro atoms. The molecule has 2 bridgehead atoms. The van der Waals surface area contributed by atoms with Crippen molar-refractivity contribution in [3.63, 3.8) is 0 Å². The van der Waals surface area contributed by atoms with Crippen LogP contribution in [0.1, 0.15) is 50.7 Å². The van der Waals surface area contributed by atoms with Crippen molar-refractivity contribution in [2.45, 2.75) is 44.9 Å². The number of fused-ring (bicyclic) bond motifs is 8. The van der Waals surface area contributed by atoms with Gasteiger partial charge in [0.1, 0.15) is 0 Å². The van der Waals surface area contributed by atoms with Gasteiger partial charge >= 0.3 is 0 Å². The number of hydrogen-bond acceptors (Lipinski definition) is 1. The molecule has 0 aliphatic heterocycles. The number of anilines is 3. The van der Waals surface area contributed by atoms with Gasteiger partial charge in [0.2, 0.25) is 0 Å². The van der Waals surface area contributed by atoms with Crippen LogP contribution in [0.4, 0.5) is 17.1 Å². The van der Waals surface area contributed by atoms with Crippen LogP contribution in [0, 0.1) is 23.7 Å².